The summed E-state index contributed by atoms with van der Waals surface area (Å²) in [5, 5.41) is 7.65. The summed E-state index contributed by atoms with van der Waals surface area (Å²) in [5.41, 5.74) is 0.954. The molecule has 3 aromatic rings. The van der Waals surface area contributed by atoms with E-state index in [9.17, 15) is 27.2 Å². The first-order chi connectivity index (χ1) is 14.6. The van der Waals surface area contributed by atoms with Crippen LogP contribution in [0.4, 0.5) is 38.9 Å². The van der Waals surface area contributed by atoms with Gasteiger partial charge in [0.1, 0.15) is 16.4 Å². The highest BCUT2D eigenvalue weighted by Gasteiger charge is 2.31. The smallest absolute Gasteiger partial charge is 0.406 e. The van der Waals surface area contributed by atoms with Gasteiger partial charge >= 0.3 is 12.4 Å². The van der Waals surface area contributed by atoms with Crippen LogP contribution >= 0.6 is 11.3 Å². The third kappa shape index (κ3) is 6.40. The average Bonchev–Trinajstić information content (AvgIpc) is 3.04. The molecule has 0 aliphatic heterocycles. The van der Waals surface area contributed by atoms with Gasteiger partial charge in [-0.3, -0.25) is 10.1 Å². The Balaban J connectivity index is 1.61. The number of halogens is 4. The number of anilines is 3. The molecular weight excluding hydrogens is 440 g/mol. The molecule has 0 saturated carbocycles. The fourth-order valence-corrected chi connectivity index (χ4v) is 3.24. The number of alkyl halides is 3. The van der Waals surface area contributed by atoms with E-state index in [4.69, 9.17) is 0 Å². The van der Waals surface area contributed by atoms with Gasteiger partial charge in [-0.15, -0.1) is 13.2 Å². The van der Waals surface area contributed by atoms with E-state index in [1.807, 2.05) is 0 Å². The Hall–Kier alpha value is -3.67. The monoisotopic (exact) mass is 454 g/mol. The van der Waals surface area contributed by atoms with E-state index >= 15 is 0 Å². The largest absolute Gasteiger partial charge is 0.573 e. The Morgan fingerprint density at radius 3 is 2.13 bits per heavy atom. The van der Waals surface area contributed by atoms with Crippen LogP contribution in [0.2, 0.25) is 0 Å². The van der Waals surface area contributed by atoms with E-state index in [2.05, 4.69) is 25.7 Å². The Labute approximate surface area is 177 Å². The van der Waals surface area contributed by atoms with Gasteiger partial charge in [-0.1, -0.05) is 11.3 Å². The number of carbonyl (C=O) groups excluding carboxylic acids is 2. The average molecular weight is 454 g/mol. The maximum Gasteiger partial charge on any atom is 0.573 e. The number of urea groups is 1. The molecule has 0 aliphatic carbocycles. The number of nitrogens with one attached hydrogen (secondary N) is 3. The van der Waals surface area contributed by atoms with Crippen LogP contribution in [0.25, 0.3) is 0 Å². The normalized spacial score (nSPS) is 11.0. The molecule has 12 heteroatoms. The van der Waals surface area contributed by atoms with Crippen molar-refractivity contribution in [1.29, 1.82) is 0 Å². The highest BCUT2D eigenvalue weighted by atomic mass is 32.1. The van der Waals surface area contributed by atoms with Gasteiger partial charge in [-0.2, -0.15) is 0 Å². The van der Waals surface area contributed by atoms with Crippen LogP contribution in [-0.2, 0) is 0 Å². The van der Waals surface area contributed by atoms with Crippen LogP contribution in [0.15, 0.2) is 48.5 Å². The number of carbonyl (C=O) groups is 2. The van der Waals surface area contributed by atoms with Gasteiger partial charge in [0.2, 0.25) is 0 Å². The standard InChI is InChI=1S/C19H14F4N4O3S/c1-10-15(16(28)25-12-6-8-14(9-7-12)30-19(21,22)23)31-18(24-10)27-17(29)26-13-4-2-11(20)3-5-13/h2-9H,1H3,(H,25,28)(H2,24,26,27,29). The van der Waals surface area contributed by atoms with Gasteiger partial charge in [0.05, 0.1) is 5.69 Å². The lowest BCUT2D eigenvalue weighted by molar-refractivity contribution is -0.274. The summed E-state index contributed by atoms with van der Waals surface area (Å²) in [6.07, 6.45) is -4.81. The van der Waals surface area contributed by atoms with Crippen LogP contribution in [0.3, 0.4) is 0 Å². The SMILES string of the molecule is Cc1nc(NC(=O)Nc2ccc(F)cc2)sc1C(=O)Nc1ccc(OC(F)(F)F)cc1. The first kappa shape index (κ1) is 22.0. The number of rotatable bonds is 5. The van der Waals surface area contributed by atoms with Crippen molar-refractivity contribution in [2.45, 2.75) is 13.3 Å². The fraction of sp³-hybridized carbons (Fsp3) is 0.105. The molecule has 0 aliphatic rings. The lowest BCUT2D eigenvalue weighted by atomic mass is 10.3. The number of thiazole rings is 1. The number of aromatic nitrogens is 1. The fourth-order valence-electron chi connectivity index (χ4n) is 2.38. The minimum atomic E-state index is -4.81. The van der Waals surface area contributed by atoms with Gasteiger partial charge in [0, 0.05) is 11.4 Å². The van der Waals surface area contributed by atoms with Crippen LogP contribution in [0.5, 0.6) is 5.75 Å². The number of ether oxygens (including phenoxy) is 1. The van der Waals surface area contributed by atoms with Gasteiger partial charge in [0.15, 0.2) is 5.13 Å². The summed E-state index contributed by atoms with van der Waals surface area (Å²) < 4.78 is 53.3. The molecule has 0 bridgehead atoms. The first-order valence-corrected chi connectivity index (χ1v) is 9.39. The van der Waals surface area contributed by atoms with E-state index < -0.39 is 29.9 Å². The van der Waals surface area contributed by atoms with Crippen LogP contribution in [0.1, 0.15) is 15.4 Å². The van der Waals surface area contributed by atoms with E-state index in [1.54, 1.807) is 6.92 Å². The molecule has 2 aromatic carbocycles. The van der Waals surface area contributed by atoms with Crippen LogP contribution in [0, 0.1) is 12.7 Å². The van der Waals surface area contributed by atoms with Crippen molar-refractivity contribution in [2.24, 2.45) is 0 Å². The van der Waals surface area contributed by atoms with Crippen molar-refractivity contribution in [3.05, 3.63) is 64.9 Å². The van der Waals surface area contributed by atoms with E-state index in [0.29, 0.717) is 11.4 Å². The zero-order valence-electron chi connectivity index (χ0n) is 15.7. The number of benzene rings is 2. The van der Waals surface area contributed by atoms with E-state index in [1.165, 1.54) is 36.4 Å². The second-order valence-corrected chi connectivity index (χ2v) is 7.04. The quantitative estimate of drug-likeness (QED) is 0.451. The molecule has 0 spiro atoms. The molecule has 31 heavy (non-hydrogen) atoms. The summed E-state index contributed by atoms with van der Waals surface area (Å²) in [6, 6.07) is 9.14. The Morgan fingerprint density at radius 2 is 1.52 bits per heavy atom. The zero-order chi connectivity index (χ0) is 22.6. The molecule has 0 fully saturated rings. The van der Waals surface area contributed by atoms with Gasteiger partial charge < -0.3 is 15.4 Å². The predicted octanol–water partition coefficient (Wildman–Crippen LogP) is 5.39. The molecule has 3 N–H and O–H groups in total. The second-order valence-electron chi connectivity index (χ2n) is 6.05. The summed E-state index contributed by atoms with van der Waals surface area (Å²) in [4.78, 5) is 28.8. The molecule has 0 radical (unpaired) electrons. The summed E-state index contributed by atoms with van der Waals surface area (Å²) >= 11 is 0.911. The minimum Gasteiger partial charge on any atom is -0.406 e. The maximum atomic E-state index is 12.9. The molecule has 3 rings (SSSR count). The molecule has 0 unspecified atom stereocenters. The van der Waals surface area contributed by atoms with E-state index in [0.717, 1.165) is 23.5 Å². The predicted molar refractivity (Wildman–Crippen MR) is 107 cm³/mol. The number of aryl methyl sites for hydroxylation is 1. The summed E-state index contributed by atoms with van der Waals surface area (Å²) in [6.45, 7) is 1.56. The Morgan fingerprint density at radius 1 is 0.935 bits per heavy atom. The number of hydrogen-bond donors (Lipinski definition) is 3. The van der Waals surface area contributed by atoms with Crippen LogP contribution < -0.4 is 20.7 Å². The molecule has 0 atom stereocenters. The van der Waals surface area contributed by atoms with Gasteiger partial charge in [0.25, 0.3) is 5.91 Å². The summed E-state index contributed by atoms with van der Waals surface area (Å²) in [7, 11) is 0. The topological polar surface area (TPSA) is 92.4 Å². The van der Waals surface area contributed by atoms with Gasteiger partial charge in [-0.05, 0) is 55.5 Å². The third-order valence-electron chi connectivity index (χ3n) is 3.67. The third-order valence-corrected chi connectivity index (χ3v) is 4.74. The highest BCUT2D eigenvalue weighted by Crippen LogP contribution is 2.26. The van der Waals surface area contributed by atoms with Gasteiger partial charge in [-0.25, -0.2) is 14.2 Å². The van der Waals surface area contributed by atoms with E-state index in [-0.39, 0.29) is 15.7 Å². The Bertz CT molecular complexity index is 1080. The number of amides is 3. The first-order valence-electron chi connectivity index (χ1n) is 8.57. The minimum absolute atomic E-state index is 0.149. The molecule has 0 saturated heterocycles. The van der Waals surface area contributed by atoms with Crippen molar-refractivity contribution >= 4 is 39.8 Å². The summed E-state index contributed by atoms with van der Waals surface area (Å²) in [5.74, 6) is -1.41. The molecule has 1 aromatic heterocycles. The van der Waals surface area contributed by atoms with Crippen molar-refractivity contribution in [2.75, 3.05) is 16.0 Å². The van der Waals surface area contributed by atoms with Crippen LogP contribution in [-0.4, -0.2) is 23.3 Å². The molecule has 162 valence electrons. The Kier molecular flexibility index (Phi) is 6.39. The molecule has 1 heterocycles. The molecular formula is C19H14F4N4O3S. The lowest BCUT2D eigenvalue weighted by Crippen LogP contribution is -2.19. The number of hydrogen-bond acceptors (Lipinski definition) is 5. The maximum absolute atomic E-state index is 12.9. The van der Waals surface area contributed by atoms with Crippen molar-refractivity contribution in [3.8, 4) is 5.75 Å². The van der Waals surface area contributed by atoms with Crippen molar-refractivity contribution in [3.63, 3.8) is 0 Å². The zero-order valence-corrected chi connectivity index (χ0v) is 16.5. The number of nitrogens with zero attached hydrogens (tertiary/aromatic N) is 1. The highest BCUT2D eigenvalue weighted by molar-refractivity contribution is 7.17. The van der Waals surface area contributed by atoms with Crippen molar-refractivity contribution in [1.82, 2.24) is 4.98 Å². The molecule has 3 amide bonds. The molecule has 7 nitrogen and oxygen atoms in total. The lowest BCUT2D eigenvalue weighted by Gasteiger charge is -2.09. The second kappa shape index (κ2) is 9.00. The van der Waals surface area contributed by atoms with Crippen molar-refractivity contribution < 1.29 is 31.9 Å².